The van der Waals surface area contributed by atoms with Crippen LogP contribution in [0.25, 0.3) is 0 Å². The van der Waals surface area contributed by atoms with Crippen molar-refractivity contribution in [1.82, 2.24) is 15.5 Å². The molecule has 0 unspecified atom stereocenters. The number of aliphatic hydroxyl groups excluding tert-OH is 1. The second-order valence-corrected chi connectivity index (χ2v) is 9.26. The highest BCUT2D eigenvalue weighted by Crippen LogP contribution is 2.12. The minimum atomic E-state index is -0.752. The highest BCUT2D eigenvalue weighted by atomic mass is 16.3. The number of carbonyl (C=O) groups excluding carboxylic acids is 2. The Bertz CT molecular complexity index is 879. The third kappa shape index (κ3) is 8.92. The van der Waals surface area contributed by atoms with E-state index in [4.69, 9.17) is 0 Å². The van der Waals surface area contributed by atoms with Gasteiger partial charge in [-0.25, -0.2) is 0 Å². The zero-order chi connectivity index (χ0) is 24.9. The van der Waals surface area contributed by atoms with Crippen LogP contribution in [0.15, 0.2) is 54.6 Å². The SMILES string of the molecule is CCCN(CCC)C(=O)c1cccc(C(=O)N[C@@H](Cc2ccccc2)[C@H](O)CNCC(C)C)c1. The van der Waals surface area contributed by atoms with Crippen molar-refractivity contribution in [3.63, 3.8) is 0 Å². The van der Waals surface area contributed by atoms with Crippen molar-refractivity contribution < 1.29 is 14.7 Å². The van der Waals surface area contributed by atoms with E-state index in [9.17, 15) is 14.7 Å². The Morgan fingerprint density at radius 1 is 0.912 bits per heavy atom. The molecule has 2 atom stereocenters. The van der Waals surface area contributed by atoms with Crippen LogP contribution in [0, 0.1) is 5.92 Å². The summed E-state index contributed by atoms with van der Waals surface area (Å²) in [6.45, 7) is 10.9. The van der Waals surface area contributed by atoms with Gasteiger partial charge in [-0.15, -0.1) is 0 Å². The minimum Gasteiger partial charge on any atom is -0.390 e. The third-order valence-electron chi connectivity index (χ3n) is 5.63. The Labute approximate surface area is 204 Å². The van der Waals surface area contributed by atoms with Crippen LogP contribution in [0.3, 0.4) is 0 Å². The fraction of sp³-hybridized carbons (Fsp3) is 0.500. The number of carbonyl (C=O) groups is 2. The fourth-order valence-corrected chi connectivity index (χ4v) is 3.90. The van der Waals surface area contributed by atoms with E-state index in [0.29, 0.717) is 43.1 Å². The van der Waals surface area contributed by atoms with E-state index in [2.05, 4.69) is 24.5 Å². The quantitative estimate of drug-likeness (QED) is 0.394. The van der Waals surface area contributed by atoms with E-state index in [1.165, 1.54) is 0 Å². The molecule has 0 aliphatic carbocycles. The maximum absolute atomic E-state index is 13.2. The zero-order valence-electron chi connectivity index (χ0n) is 21.1. The van der Waals surface area contributed by atoms with E-state index in [1.54, 1.807) is 24.3 Å². The van der Waals surface area contributed by atoms with Crippen molar-refractivity contribution in [3.05, 3.63) is 71.3 Å². The van der Waals surface area contributed by atoms with Gasteiger partial charge >= 0.3 is 0 Å². The molecule has 6 heteroatoms. The molecule has 2 rings (SSSR count). The molecule has 0 aromatic heterocycles. The number of nitrogens with zero attached hydrogens (tertiary/aromatic N) is 1. The Morgan fingerprint density at radius 3 is 2.18 bits per heavy atom. The third-order valence-corrected chi connectivity index (χ3v) is 5.63. The molecule has 0 aliphatic heterocycles. The average Bonchev–Trinajstić information content (AvgIpc) is 2.83. The summed E-state index contributed by atoms with van der Waals surface area (Å²) < 4.78 is 0. The number of rotatable bonds is 14. The summed E-state index contributed by atoms with van der Waals surface area (Å²) in [5.41, 5.74) is 1.96. The van der Waals surface area contributed by atoms with E-state index < -0.39 is 12.1 Å². The Morgan fingerprint density at radius 2 is 1.56 bits per heavy atom. The molecule has 6 nitrogen and oxygen atoms in total. The predicted octanol–water partition coefficient (Wildman–Crippen LogP) is 3.90. The van der Waals surface area contributed by atoms with Crippen LogP contribution in [0.1, 0.15) is 66.8 Å². The van der Waals surface area contributed by atoms with Crippen LogP contribution in [0.2, 0.25) is 0 Å². The average molecular weight is 468 g/mol. The van der Waals surface area contributed by atoms with Crippen LogP contribution < -0.4 is 10.6 Å². The molecule has 2 amide bonds. The molecule has 0 saturated heterocycles. The van der Waals surface area contributed by atoms with Crippen LogP contribution in [0.5, 0.6) is 0 Å². The van der Waals surface area contributed by atoms with Crippen molar-refractivity contribution in [1.29, 1.82) is 0 Å². The van der Waals surface area contributed by atoms with Gasteiger partial charge in [0.25, 0.3) is 11.8 Å². The van der Waals surface area contributed by atoms with Gasteiger partial charge in [0, 0.05) is 30.8 Å². The van der Waals surface area contributed by atoms with Gasteiger partial charge in [0.1, 0.15) is 0 Å². The van der Waals surface area contributed by atoms with Crippen LogP contribution in [-0.2, 0) is 6.42 Å². The van der Waals surface area contributed by atoms with Gasteiger partial charge in [-0.3, -0.25) is 9.59 Å². The summed E-state index contributed by atoms with van der Waals surface area (Å²) in [5.74, 6) is 0.114. The van der Waals surface area contributed by atoms with E-state index >= 15 is 0 Å². The summed E-state index contributed by atoms with van der Waals surface area (Å²) >= 11 is 0. The summed E-state index contributed by atoms with van der Waals surface area (Å²) in [6, 6.07) is 16.2. The van der Waals surface area contributed by atoms with Crippen molar-refractivity contribution in [3.8, 4) is 0 Å². The molecule has 0 bridgehead atoms. The minimum absolute atomic E-state index is 0.0582. The second-order valence-electron chi connectivity index (χ2n) is 9.26. The lowest BCUT2D eigenvalue weighted by Crippen LogP contribution is -2.49. The molecule has 34 heavy (non-hydrogen) atoms. The standard InChI is InChI=1S/C28H41N3O3/c1-5-15-31(16-6-2)28(34)24-14-10-13-23(18-24)27(33)30-25(17-22-11-8-7-9-12-22)26(32)20-29-19-21(3)4/h7-14,18,21,25-26,29,32H,5-6,15-17,19-20H2,1-4H3,(H,30,33)/t25-,26+/m0/s1. The molecule has 0 aliphatic rings. The summed E-state index contributed by atoms with van der Waals surface area (Å²) in [7, 11) is 0. The molecular formula is C28H41N3O3. The number of aliphatic hydroxyl groups is 1. The molecule has 3 N–H and O–H groups in total. The molecule has 0 saturated carbocycles. The van der Waals surface area contributed by atoms with Crippen molar-refractivity contribution >= 4 is 11.8 Å². The van der Waals surface area contributed by atoms with Gasteiger partial charge in [-0.05, 0) is 55.5 Å². The smallest absolute Gasteiger partial charge is 0.253 e. The number of hydrogen-bond donors (Lipinski definition) is 3. The highest BCUT2D eigenvalue weighted by molar-refractivity contribution is 5.99. The van der Waals surface area contributed by atoms with Crippen molar-refractivity contribution in [2.75, 3.05) is 26.2 Å². The normalized spacial score (nSPS) is 12.9. The molecule has 0 fully saturated rings. The van der Waals surface area contributed by atoms with Gasteiger partial charge in [0.05, 0.1) is 12.1 Å². The summed E-state index contributed by atoms with van der Waals surface area (Å²) in [4.78, 5) is 28.0. The van der Waals surface area contributed by atoms with Crippen molar-refractivity contribution in [2.24, 2.45) is 5.92 Å². The van der Waals surface area contributed by atoms with Crippen molar-refractivity contribution in [2.45, 2.75) is 59.1 Å². The molecule has 186 valence electrons. The van der Waals surface area contributed by atoms with E-state index in [0.717, 1.165) is 24.9 Å². The first kappa shape index (κ1) is 27.5. The van der Waals surface area contributed by atoms with Gasteiger partial charge in [0.2, 0.25) is 0 Å². The molecule has 2 aromatic rings. The maximum atomic E-state index is 13.2. The Kier molecular flexibility index (Phi) is 11.8. The topological polar surface area (TPSA) is 81.7 Å². The van der Waals surface area contributed by atoms with Crippen LogP contribution in [0.4, 0.5) is 0 Å². The first-order valence-corrected chi connectivity index (χ1v) is 12.5. The molecule has 0 radical (unpaired) electrons. The highest BCUT2D eigenvalue weighted by Gasteiger charge is 2.23. The van der Waals surface area contributed by atoms with Gasteiger partial charge < -0.3 is 20.6 Å². The lowest BCUT2D eigenvalue weighted by atomic mass is 10.00. The van der Waals surface area contributed by atoms with Crippen LogP contribution in [-0.4, -0.2) is 60.1 Å². The van der Waals surface area contributed by atoms with Crippen LogP contribution >= 0.6 is 0 Å². The van der Waals surface area contributed by atoms with E-state index in [-0.39, 0.29) is 11.8 Å². The van der Waals surface area contributed by atoms with Gasteiger partial charge in [-0.1, -0.05) is 64.1 Å². The molecule has 0 heterocycles. The lowest BCUT2D eigenvalue weighted by molar-refractivity contribution is 0.0755. The number of amides is 2. The number of hydrogen-bond acceptors (Lipinski definition) is 4. The van der Waals surface area contributed by atoms with E-state index in [1.807, 2.05) is 49.1 Å². The molecule has 2 aromatic carbocycles. The fourth-order valence-electron chi connectivity index (χ4n) is 3.90. The number of nitrogens with one attached hydrogen (secondary N) is 2. The zero-order valence-corrected chi connectivity index (χ0v) is 21.1. The largest absolute Gasteiger partial charge is 0.390 e. The van der Waals surface area contributed by atoms with Gasteiger partial charge in [0.15, 0.2) is 0 Å². The predicted molar refractivity (Wildman–Crippen MR) is 138 cm³/mol. The number of benzene rings is 2. The maximum Gasteiger partial charge on any atom is 0.253 e. The Balaban J connectivity index is 2.16. The monoisotopic (exact) mass is 467 g/mol. The second kappa shape index (κ2) is 14.5. The lowest BCUT2D eigenvalue weighted by Gasteiger charge is -2.25. The summed E-state index contributed by atoms with van der Waals surface area (Å²) in [5, 5.41) is 17.2. The molecule has 0 spiro atoms. The first-order chi connectivity index (χ1) is 16.3. The summed E-state index contributed by atoms with van der Waals surface area (Å²) in [6.07, 6.45) is 1.53. The Hall–Kier alpha value is -2.70. The molecular weight excluding hydrogens is 426 g/mol. The van der Waals surface area contributed by atoms with Gasteiger partial charge in [-0.2, -0.15) is 0 Å². The first-order valence-electron chi connectivity index (χ1n) is 12.5.